The van der Waals surface area contributed by atoms with E-state index in [-0.39, 0.29) is 24.1 Å². The summed E-state index contributed by atoms with van der Waals surface area (Å²) in [5.74, 6) is -4.70. The number of aromatic nitrogens is 1. The van der Waals surface area contributed by atoms with Gasteiger partial charge in [-0.3, -0.25) is 9.78 Å². The van der Waals surface area contributed by atoms with Gasteiger partial charge in [-0.05, 0) is 42.2 Å². The smallest absolute Gasteiger partial charge is 0.380 e. The topological polar surface area (TPSA) is 45.2 Å². The van der Waals surface area contributed by atoms with Crippen LogP contribution in [0.15, 0.2) is 24.4 Å². The van der Waals surface area contributed by atoms with Gasteiger partial charge in [0.1, 0.15) is 0 Å². The number of hydrogen-bond acceptors (Lipinski definition) is 3. The van der Waals surface area contributed by atoms with Gasteiger partial charge >= 0.3 is 6.18 Å². The van der Waals surface area contributed by atoms with Crippen molar-refractivity contribution >= 4 is 11.6 Å². The zero-order chi connectivity index (χ0) is 24.0. The molecule has 1 aromatic carbocycles. The Hall–Kier alpha value is -2.78. The number of carbonyl (C=O) groups excluding carboxylic acids is 1. The molecule has 3 rings (SSSR count). The molecular formula is C22H23F6N3O. The minimum atomic E-state index is -4.74. The summed E-state index contributed by atoms with van der Waals surface area (Å²) >= 11 is 0. The van der Waals surface area contributed by atoms with Gasteiger partial charge in [-0.2, -0.15) is 13.2 Å². The number of rotatable bonds is 4. The third-order valence-corrected chi connectivity index (χ3v) is 5.37. The molecule has 0 aliphatic heterocycles. The fourth-order valence-corrected chi connectivity index (χ4v) is 3.89. The van der Waals surface area contributed by atoms with Crippen LogP contribution < -0.4 is 5.32 Å². The molecule has 1 unspecified atom stereocenters. The van der Waals surface area contributed by atoms with Crippen molar-refractivity contribution in [1.82, 2.24) is 9.88 Å². The predicted molar refractivity (Wildman–Crippen MR) is 106 cm³/mol. The van der Waals surface area contributed by atoms with E-state index in [1.54, 1.807) is 0 Å². The molecule has 0 saturated carbocycles. The Morgan fingerprint density at radius 1 is 1.12 bits per heavy atom. The fraction of sp³-hybridized carbons (Fsp3) is 0.455. The maximum absolute atomic E-state index is 14.0. The quantitative estimate of drug-likeness (QED) is 0.506. The molecule has 2 aromatic rings. The van der Waals surface area contributed by atoms with Crippen LogP contribution in [0.4, 0.5) is 32.0 Å². The van der Waals surface area contributed by atoms with Crippen LogP contribution in [-0.4, -0.2) is 35.1 Å². The highest BCUT2D eigenvalue weighted by atomic mass is 19.4. The molecule has 32 heavy (non-hydrogen) atoms. The first-order chi connectivity index (χ1) is 14.7. The fourth-order valence-electron chi connectivity index (χ4n) is 3.89. The number of amides is 1. The van der Waals surface area contributed by atoms with Crippen molar-refractivity contribution in [3.63, 3.8) is 0 Å². The maximum Gasteiger partial charge on any atom is 0.414 e. The SMILES string of the molecule is CN(C(=O)C(C)(C)C)[C@@H](c1ccc(NC2Cc3cc(F)c(F)c(F)c3C2)cn1)C(F)(F)F. The molecule has 1 aliphatic rings. The Labute approximate surface area is 181 Å². The van der Waals surface area contributed by atoms with E-state index in [1.807, 2.05) is 0 Å². The summed E-state index contributed by atoms with van der Waals surface area (Å²) < 4.78 is 82.1. The molecule has 2 atom stereocenters. The molecule has 0 radical (unpaired) electrons. The van der Waals surface area contributed by atoms with Gasteiger partial charge in [0, 0.05) is 18.5 Å². The highest BCUT2D eigenvalue weighted by Crippen LogP contribution is 2.38. The van der Waals surface area contributed by atoms with Crippen LogP contribution >= 0.6 is 0 Å². The van der Waals surface area contributed by atoms with Crippen molar-refractivity contribution in [3.05, 3.63) is 58.7 Å². The van der Waals surface area contributed by atoms with Gasteiger partial charge in [0.15, 0.2) is 23.5 Å². The van der Waals surface area contributed by atoms with Crippen molar-refractivity contribution in [2.45, 2.75) is 51.9 Å². The van der Waals surface area contributed by atoms with E-state index in [9.17, 15) is 31.1 Å². The van der Waals surface area contributed by atoms with Crippen molar-refractivity contribution < 1.29 is 31.1 Å². The van der Waals surface area contributed by atoms with Gasteiger partial charge in [-0.1, -0.05) is 20.8 Å². The number of alkyl halides is 3. The lowest BCUT2D eigenvalue weighted by Crippen LogP contribution is -2.44. The molecule has 174 valence electrons. The second-order valence-corrected chi connectivity index (χ2v) is 8.96. The lowest BCUT2D eigenvalue weighted by atomic mass is 9.93. The summed E-state index contributed by atoms with van der Waals surface area (Å²) in [6, 6.07) is 0.856. The molecule has 1 aliphatic carbocycles. The minimum Gasteiger partial charge on any atom is -0.380 e. The van der Waals surface area contributed by atoms with Crippen LogP contribution in [0.2, 0.25) is 0 Å². The zero-order valence-corrected chi connectivity index (χ0v) is 17.9. The van der Waals surface area contributed by atoms with Crippen LogP contribution in [-0.2, 0) is 17.6 Å². The molecule has 4 nitrogen and oxygen atoms in total. The number of benzene rings is 1. The number of pyridine rings is 1. The van der Waals surface area contributed by atoms with Crippen molar-refractivity contribution in [2.75, 3.05) is 12.4 Å². The number of fused-ring (bicyclic) bond motifs is 1. The molecule has 0 spiro atoms. The minimum absolute atomic E-state index is 0.0745. The number of carbonyl (C=O) groups is 1. The summed E-state index contributed by atoms with van der Waals surface area (Å²) in [5, 5.41) is 3.00. The molecule has 1 amide bonds. The number of nitrogens with zero attached hydrogens (tertiary/aromatic N) is 2. The van der Waals surface area contributed by atoms with E-state index in [1.165, 1.54) is 33.0 Å². The van der Waals surface area contributed by atoms with Crippen molar-refractivity contribution in [1.29, 1.82) is 0 Å². The Bertz CT molecular complexity index is 1010. The van der Waals surface area contributed by atoms with E-state index >= 15 is 0 Å². The lowest BCUT2D eigenvalue weighted by molar-refractivity contribution is -0.192. The number of hydrogen-bond donors (Lipinski definition) is 1. The molecule has 10 heteroatoms. The van der Waals surface area contributed by atoms with Crippen LogP contribution in [0.1, 0.15) is 43.6 Å². The van der Waals surface area contributed by atoms with Gasteiger partial charge in [-0.25, -0.2) is 13.2 Å². The van der Waals surface area contributed by atoms with E-state index in [0.29, 0.717) is 16.2 Å². The summed E-state index contributed by atoms with van der Waals surface area (Å²) in [7, 11) is 1.09. The Morgan fingerprint density at radius 2 is 1.78 bits per heavy atom. The van der Waals surface area contributed by atoms with Gasteiger partial charge < -0.3 is 10.2 Å². The van der Waals surface area contributed by atoms with Crippen molar-refractivity contribution in [2.24, 2.45) is 5.41 Å². The molecule has 0 saturated heterocycles. The van der Waals surface area contributed by atoms with E-state index in [2.05, 4.69) is 10.3 Å². The van der Waals surface area contributed by atoms with Gasteiger partial charge in [0.2, 0.25) is 5.91 Å². The van der Waals surface area contributed by atoms with E-state index in [0.717, 1.165) is 19.2 Å². The Kier molecular flexibility index (Phi) is 6.19. The average molecular weight is 459 g/mol. The summed E-state index contributed by atoms with van der Waals surface area (Å²) in [4.78, 5) is 16.9. The third-order valence-electron chi connectivity index (χ3n) is 5.37. The summed E-state index contributed by atoms with van der Waals surface area (Å²) in [6.07, 6.45) is -3.24. The molecule has 0 fully saturated rings. The largest absolute Gasteiger partial charge is 0.414 e. The number of anilines is 1. The zero-order valence-electron chi connectivity index (χ0n) is 17.9. The van der Waals surface area contributed by atoms with E-state index < -0.39 is 47.0 Å². The molecular weight excluding hydrogens is 436 g/mol. The first-order valence-electron chi connectivity index (χ1n) is 9.92. The second kappa shape index (κ2) is 8.29. The third kappa shape index (κ3) is 4.68. The molecule has 0 bridgehead atoms. The normalized spacial score (nSPS) is 17.1. The Balaban J connectivity index is 1.78. The standard InChI is InChI=1S/C22H23F6N3O/c1-21(2,3)20(32)31(4)19(22(26,27)28)16-6-5-12(10-29-16)30-13-7-11-8-15(23)18(25)17(24)14(11)9-13/h5-6,8,10,13,19,30H,7,9H2,1-4H3/t13?,19-/m0/s1. The molecule has 1 heterocycles. The van der Waals surface area contributed by atoms with Crippen molar-refractivity contribution in [3.8, 4) is 0 Å². The first kappa shape index (κ1) is 23.9. The molecule has 1 N–H and O–H groups in total. The highest BCUT2D eigenvalue weighted by molar-refractivity contribution is 5.81. The first-order valence-corrected chi connectivity index (χ1v) is 9.92. The summed E-state index contributed by atoms with van der Waals surface area (Å²) in [5.41, 5.74) is -0.592. The maximum atomic E-state index is 14.0. The predicted octanol–water partition coefficient (Wildman–Crippen LogP) is 5.19. The number of nitrogens with one attached hydrogen (secondary N) is 1. The van der Waals surface area contributed by atoms with Gasteiger partial charge in [-0.15, -0.1) is 0 Å². The van der Waals surface area contributed by atoms with Crippen LogP contribution in [0.5, 0.6) is 0 Å². The van der Waals surface area contributed by atoms with Crippen LogP contribution in [0, 0.1) is 22.9 Å². The highest BCUT2D eigenvalue weighted by Gasteiger charge is 2.47. The average Bonchev–Trinajstić information content (AvgIpc) is 3.07. The van der Waals surface area contributed by atoms with Gasteiger partial charge in [0.05, 0.1) is 17.6 Å². The second-order valence-electron chi connectivity index (χ2n) is 8.96. The number of halogens is 6. The summed E-state index contributed by atoms with van der Waals surface area (Å²) in [6.45, 7) is 4.58. The van der Waals surface area contributed by atoms with Crippen LogP contribution in [0.25, 0.3) is 0 Å². The Morgan fingerprint density at radius 3 is 2.31 bits per heavy atom. The monoisotopic (exact) mass is 459 g/mol. The van der Waals surface area contributed by atoms with Gasteiger partial charge in [0.25, 0.3) is 0 Å². The van der Waals surface area contributed by atoms with Crippen LogP contribution in [0.3, 0.4) is 0 Å². The van der Waals surface area contributed by atoms with E-state index in [4.69, 9.17) is 0 Å². The molecule has 1 aromatic heterocycles. The lowest BCUT2D eigenvalue weighted by Gasteiger charge is -2.33.